The van der Waals surface area contributed by atoms with Gasteiger partial charge in [0.15, 0.2) is 11.6 Å². The van der Waals surface area contributed by atoms with Gasteiger partial charge in [-0.2, -0.15) is 0 Å². The Morgan fingerprint density at radius 3 is 2.44 bits per heavy atom. The number of carboxylic acid groups (broad SMARTS) is 1. The Hall–Kier alpha value is -3.30. The number of fused-ring (bicyclic) bond motifs is 1. The van der Waals surface area contributed by atoms with Gasteiger partial charge in [-0.25, -0.2) is 22.4 Å². The van der Waals surface area contributed by atoms with Crippen molar-refractivity contribution < 1.29 is 37.0 Å². The van der Waals surface area contributed by atoms with E-state index in [0.29, 0.717) is 12.1 Å². The number of halogens is 4. The number of ether oxygens (including phenoxy) is 1. The number of carbonyl (C=O) groups excluding carboxylic acids is 1. The molecule has 1 aliphatic heterocycles. The molecular weight excluding hydrogens is 372 g/mol. The highest BCUT2D eigenvalue weighted by Crippen LogP contribution is 2.38. The molecule has 0 fully saturated rings. The van der Waals surface area contributed by atoms with Gasteiger partial charge in [0.2, 0.25) is 0 Å². The van der Waals surface area contributed by atoms with Crippen LogP contribution in [0.5, 0.6) is 5.75 Å². The van der Waals surface area contributed by atoms with Crippen LogP contribution in [0.15, 0.2) is 24.3 Å². The molecule has 0 saturated heterocycles. The Bertz CT molecular complexity index is 936. The highest BCUT2D eigenvalue weighted by atomic mass is 19.2. The highest BCUT2D eigenvalue weighted by molar-refractivity contribution is 6.06. The fourth-order valence-electron chi connectivity index (χ4n) is 2.78. The summed E-state index contributed by atoms with van der Waals surface area (Å²) in [4.78, 5) is 23.3. The smallest absolute Gasteiger partial charge is 0.405 e. The van der Waals surface area contributed by atoms with Crippen molar-refractivity contribution in [1.82, 2.24) is 5.32 Å². The first-order chi connectivity index (χ1) is 12.8. The lowest BCUT2D eigenvalue weighted by molar-refractivity contribution is 0.101. The van der Waals surface area contributed by atoms with E-state index in [2.05, 4.69) is 10.6 Å². The van der Waals surface area contributed by atoms with Crippen molar-refractivity contribution in [2.45, 2.75) is 12.5 Å². The van der Waals surface area contributed by atoms with Gasteiger partial charge in [-0.05, 0) is 12.1 Å². The summed E-state index contributed by atoms with van der Waals surface area (Å²) in [6.45, 7) is -0.0910. The molecule has 2 aromatic carbocycles. The van der Waals surface area contributed by atoms with Crippen LogP contribution in [0.4, 0.5) is 28.0 Å². The zero-order valence-corrected chi connectivity index (χ0v) is 13.5. The van der Waals surface area contributed by atoms with Gasteiger partial charge in [-0.15, -0.1) is 0 Å². The number of amides is 2. The molecule has 0 aliphatic carbocycles. The molecule has 2 aromatic rings. The van der Waals surface area contributed by atoms with E-state index in [1.165, 1.54) is 0 Å². The molecular formula is C17H12F4N2O4. The Morgan fingerprint density at radius 2 is 1.78 bits per heavy atom. The summed E-state index contributed by atoms with van der Waals surface area (Å²) in [5.74, 6) is -6.23. The summed E-state index contributed by atoms with van der Waals surface area (Å²) in [7, 11) is 0. The van der Waals surface area contributed by atoms with Crippen molar-refractivity contribution in [1.29, 1.82) is 0 Å². The second-order valence-corrected chi connectivity index (χ2v) is 5.68. The summed E-state index contributed by atoms with van der Waals surface area (Å²) >= 11 is 0. The van der Waals surface area contributed by atoms with Crippen molar-refractivity contribution in [2.24, 2.45) is 0 Å². The maximum Gasteiger partial charge on any atom is 0.405 e. The number of nitrogens with one attached hydrogen (secondary N) is 2. The van der Waals surface area contributed by atoms with E-state index in [-0.39, 0.29) is 24.3 Å². The molecule has 1 aliphatic rings. The second kappa shape index (κ2) is 7.14. The third-order valence-electron chi connectivity index (χ3n) is 3.92. The molecule has 0 saturated carbocycles. The predicted octanol–water partition coefficient (Wildman–Crippen LogP) is 3.59. The molecule has 0 aromatic heterocycles. The Balaban J connectivity index is 2.01. The van der Waals surface area contributed by atoms with Crippen molar-refractivity contribution in [3.63, 3.8) is 0 Å². The summed E-state index contributed by atoms with van der Waals surface area (Å²) in [5, 5.41) is 13.1. The van der Waals surface area contributed by atoms with Crippen molar-refractivity contribution >= 4 is 17.7 Å². The van der Waals surface area contributed by atoms with Crippen LogP contribution in [0, 0.1) is 23.3 Å². The Kier molecular flexibility index (Phi) is 4.89. The molecule has 3 N–H and O–H groups in total. The van der Waals surface area contributed by atoms with Gasteiger partial charge in [0, 0.05) is 24.2 Å². The van der Waals surface area contributed by atoms with E-state index in [4.69, 9.17) is 9.84 Å². The summed E-state index contributed by atoms with van der Waals surface area (Å²) in [6, 6.07) is 1.91. The first-order valence-corrected chi connectivity index (χ1v) is 7.68. The van der Waals surface area contributed by atoms with Crippen molar-refractivity contribution in [2.75, 3.05) is 11.9 Å². The van der Waals surface area contributed by atoms with Crippen LogP contribution in [-0.2, 0) is 0 Å². The van der Waals surface area contributed by atoms with Crippen LogP contribution in [0.3, 0.4) is 0 Å². The largest absolute Gasteiger partial charge is 0.492 e. The molecule has 27 heavy (non-hydrogen) atoms. The van der Waals surface area contributed by atoms with E-state index in [9.17, 15) is 27.2 Å². The second-order valence-electron chi connectivity index (χ2n) is 5.68. The van der Waals surface area contributed by atoms with Gasteiger partial charge >= 0.3 is 6.09 Å². The fraction of sp³-hybridized carbons (Fsp3) is 0.176. The zero-order valence-electron chi connectivity index (χ0n) is 13.5. The quantitative estimate of drug-likeness (QED) is 0.706. The average Bonchev–Trinajstić information content (AvgIpc) is 2.57. The third-order valence-corrected chi connectivity index (χ3v) is 3.92. The molecule has 1 atom stereocenters. The maximum atomic E-state index is 14.3. The van der Waals surface area contributed by atoms with Crippen LogP contribution in [0.2, 0.25) is 0 Å². The molecule has 3 rings (SSSR count). The molecule has 10 heteroatoms. The minimum absolute atomic E-state index is 0.0755. The minimum atomic E-state index is -1.43. The SMILES string of the molecule is O=C(O)N[C@H]1CCOc2c(C(=O)Nc3ccc(F)c(F)c3)c(F)cc(F)c21. The van der Waals surface area contributed by atoms with E-state index in [0.717, 1.165) is 12.1 Å². The molecule has 0 bridgehead atoms. The minimum Gasteiger partial charge on any atom is -0.492 e. The van der Waals surface area contributed by atoms with E-state index in [1.807, 2.05) is 0 Å². The number of carbonyl (C=O) groups is 2. The van der Waals surface area contributed by atoms with Gasteiger partial charge in [0.25, 0.3) is 5.91 Å². The van der Waals surface area contributed by atoms with Crippen LogP contribution in [0.1, 0.15) is 28.4 Å². The van der Waals surface area contributed by atoms with Crippen LogP contribution in [0.25, 0.3) is 0 Å². The molecule has 142 valence electrons. The topological polar surface area (TPSA) is 87.7 Å². The lowest BCUT2D eigenvalue weighted by Gasteiger charge is -2.28. The lowest BCUT2D eigenvalue weighted by atomic mass is 9.96. The molecule has 6 nitrogen and oxygen atoms in total. The molecule has 0 unspecified atom stereocenters. The first-order valence-electron chi connectivity index (χ1n) is 7.68. The maximum absolute atomic E-state index is 14.3. The number of rotatable bonds is 3. The standard InChI is InChI=1S/C17H12F4N2O4/c18-8-2-1-7(5-9(8)19)22-16(24)14-11(21)6-10(20)13-12(23-17(25)26)3-4-27-15(13)14/h1-2,5-6,12,23H,3-4H2,(H,22,24)(H,25,26)/t12-/m0/s1. The fourth-order valence-corrected chi connectivity index (χ4v) is 2.78. The van der Waals surface area contributed by atoms with Gasteiger partial charge in [0.05, 0.1) is 18.2 Å². The summed E-state index contributed by atoms with van der Waals surface area (Å²) in [5.41, 5.74) is -1.14. The number of hydrogen-bond donors (Lipinski definition) is 3. The van der Waals surface area contributed by atoms with Crippen molar-refractivity contribution in [3.8, 4) is 5.75 Å². The van der Waals surface area contributed by atoms with Gasteiger partial charge in [-0.1, -0.05) is 0 Å². The number of hydrogen-bond acceptors (Lipinski definition) is 3. The number of anilines is 1. The van der Waals surface area contributed by atoms with Gasteiger partial charge in [-0.3, -0.25) is 4.79 Å². The van der Waals surface area contributed by atoms with E-state index in [1.54, 1.807) is 0 Å². The van der Waals surface area contributed by atoms with Crippen LogP contribution >= 0.6 is 0 Å². The zero-order chi connectivity index (χ0) is 19.7. The average molecular weight is 384 g/mol. The summed E-state index contributed by atoms with van der Waals surface area (Å²) < 4.78 is 60.0. The van der Waals surface area contributed by atoms with Gasteiger partial charge < -0.3 is 20.5 Å². The predicted molar refractivity (Wildman–Crippen MR) is 84.7 cm³/mol. The Morgan fingerprint density at radius 1 is 1.04 bits per heavy atom. The Labute approximate surface area is 149 Å². The molecule has 1 heterocycles. The first kappa shape index (κ1) is 18.5. The van der Waals surface area contributed by atoms with E-state index >= 15 is 0 Å². The monoisotopic (exact) mass is 384 g/mol. The normalized spacial score (nSPS) is 15.5. The molecule has 0 spiro atoms. The van der Waals surface area contributed by atoms with E-state index < -0.39 is 52.6 Å². The molecule has 0 radical (unpaired) electrons. The van der Waals surface area contributed by atoms with Crippen LogP contribution < -0.4 is 15.4 Å². The van der Waals surface area contributed by atoms with Crippen molar-refractivity contribution in [3.05, 3.63) is 58.7 Å². The third kappa shape index (κ3) is 3.64. The molecule has 2 amide bonds. The highest BCUT2D eigenvalue weighted by Gasteiger charge is 2.33. The lowest BCUT2D eigenvalue weighted by Crippen LogP contribution is -2.33. The van der Waals surface area contributed by atoms with Crippen LogP contribution in [-0.4, -0.2) is 23.7 Å². The summed E-state index contributed by atoms with van der Waals surface area (Å²) in [6.07, 6.45) is -1.35. The van der Waals surface area contributed by atoms with Gasteiger partial charge in [0.1, 0.15) is 22.9 Å². The number of benzene rings is 2.